The maximum Gasteiger partial charge on any atom is 0.252 e. The quantitative estimate of drug-likeness (QED) is 0.814. The van der Waals surface area contributed by atoms with Gasteiger partial charge in [0.2, 0.25) is 5.91 Å². The minimum absolute atomic E-state index is 0.0454. The van der Waals surface area contributed by atoms with Gasteiger partial charge < -0.3 is 4.90 Å². The maximum atomic E-state index is 12.6. The Hall–Kier alpha value is -0.920. The summed E-state index contributed by atoms with van der Waals surface area (Å²) in [6.45, 7) is 2.98. The largest absolute Gasteiger partial charge is 0.343 e. The van der Waals surface area contributed by atoms with Crippen LogP contribution < -0.4 is 0 Å². The molecule has 0 radical (unpaired) electrons. The van der Waals surface area contributed by atoms with E-state index in [-0.39, 0.29) is 11.8 Å². The van der Waals surface area contributed by atoms with Crippen LogP contribution in [0.4, 0.5) is 0 Å². The lowest BCUT2D eigenvalue weighted by Gasteiger charge is -2.34. The molecule has 1 amide bonds. The smallest absolute Gasteiger partial charge is 0.252 e. The van der Waals surface area contributed by atoms with Crippen LogP contribution in [0.1, 0.15) is 32.6 Å². The Bertz CT molecular complexity index is 645. The second-order valence-corrected chi connectivity index (χ2v) is 9.75. The van der Waals surface area contributed by atoms with Crippen molar-refractivity contribution in [3.05, 3.63) is 17.5 Å². The van der Waals surface area contributed by atoms with Crippen LogP contribution in [0.3, 0.4) is 0 Å². The van der Waals surface area contributed by atoms with Gasteiger partial charge >= 0.3 is 0 Å². The van der Waals surface area contributed by atoms with Crippen LogP contribution in [0.25, 0.3) is 0 Å². The lowest BCUT2D eigenvalue weighted by atomic mass is 9.96. The second-order valence-electron chi connectivity index (χ2n) is 6.64. The van der Waals surface area contributed by atoms with E-state index in [1.165, 1.54) is 28.5 Å². The van der Waals surface area contributed by atoms with Gasteiger partial charge in [-0.15, -0.1) is 11.3 Å². The van der Waals surface area contributed by atoms with Gasteiger partial charge in [-0.1, -0.05) is 6.07 Å². The average Bonchev–Trinajstić information content (AvgIpc) is 3.26. The molecule has 0 bridgehead atoms. The molecule has 1 unspecified atom stereocenters. The number of nitrogens with zero attached hydrogens (tertiary/aromatic N) is 2. The molecule has 0 N–H and O–H groups in total. The first-order valence-electron chi connectivity index (χ1n) is 8.21. The first kappa shape index (κ1) is 16.9. The SMILES string of the molecule is CC(C1CC1)N(C)C(=O)C1CCN(S(=O)(=O)c2cccs2)CC1. The molecule has 2 aliphatic rings. The molecule has 1 saturated carbocycles. The third-order valence-electron chi connectivity index (χ3n) is 5.16. The molecule has 0 spiro atoms. The van der Waals surface area contributed by atoms with Gasteiger partial charge in [-0.2, -0.15) is 4.31 Å². The van der Waals surface area contributed by atoms with Crippen molar-refractivity contribution in [3.63, 3.8) is 0 Å². The standard InChI is InChI=1S/C16H24N2O3S2/c1-12(13-5-6-13)17(2)16(19)14-7-9-18(10-8-14)23(20,21)15-4-3-11-22-15/h3-4,11-14H,5-10H2,1-2H3. The van der Waals surface area contributed by atoms with Crippen LogP contribution >= 0.6 is 11.3 Å². The van der Waals surface area contributed by atoms with Crippen molar-refractivity contribution in [3.8, 4) is 0 Å². The summed E-state index contributed by atoms with van der Waals surface area (Å²) in [7, 11) is -1.49. The number of sulfonamides is 1. The Labute approximate surface area is 142 Å². The fourth-order valence-electron chi connectivity index (χ4n) is 3.26. The highest BCUT2D eigenvalue weighted by Crippen LogP contribution is 2.35. The lowest BCUT2D eigenvalue weighted by Crippen LogP contribution is -2.45. The fourth-order valence-corrected chi connectivity index (χ4v) is 5.88. The van der Waals surface area contributed by atoms with E-state index in [1.807, 2.05) is 11.9 Å². The molecule has 1 atom stereocenters. The van der Waals surface area contributed by atoms with Gasteiger partial charge in [0, 0.05) is 32.1 Å². The maximum absolute atomic E-state index is 12.6. The molecule has 0 aromatic carbocycles. The van der Waals surface area contributed by atoms with E-state index in [9.17, 15) is 13.2 Å². The van der Waals surface area contributed by atoms with Crippen molar-refractivity contribution in [1.82, 2.24) is 9.21 Å². The third kappa shape index (κ3) is 3.46. The monoisotopic (exact) mass is 356 g/mol. The van der Waals surface area contributed by atoms with Gasteiger partial charge in [-0.05, 0) is 50.0 Å². The van der Waals surface area contributed by atoms with Crippen LogP contribution in [0.5, 0.6) is 0 Å². The molecule has 5 nitrogen and oxygen atoms in total. The van der Waals surface area contributed by atoms with E-state index in [2.05, 4.69) is 6.92 Å². The number of carbonyl (C=O) groups is 1. The van der Waals surface area contributed by atoms with Crippen LogP contribution in [0.15, 0.2) is 21.7 Å². The molecular weight excluding hydrogens is 332 g/mol. The Balaban J connectivity index is 1.59. The predicted octanol–water partition coefficient (Wildman–Crippen LogP) is 2.41. The summed E-state index contributed by atoms with van der Waals surface area (Å²) in [6, 6.07) is 3.69. The summed E-state index contributed by atoms with van der Waals surface area (Å²) in [6.07, 6.45) is 3.67. The van der Waals surface area contributed by atoms with Crippen molar-refractivity contribution in [1.29, 1.82) is 0 Å². The second kappa shape index (κ2) is 6.53. The van der Waals surface area contributed by atoms with Crippen LogP contribution in [0, 0.1) is 11.8 Å². The van der Waals surface area contributed by atoms with Gasteiger partial charge in [0.25, 0.3) is 10.0 Å². The topological polar surface area (TPSA) is 57.7 Å². The van der Waals surface area contributed by atoms with Gasteiger partial charge in [0.05, 0.1) is 0 Å². The molecule has 1 aromatic rings. The minimum atomic E-state index is -3.38. The molecule has 3 rings (SSSR count). The molecular formula is C16H24N2O3S2. The van der Waals surface area contributed by atoms with Crippen LogP contribution in [-0.2, 0) is 14.8 Å². The first-order valence-corrected chi connectivity index (χ1v) is 10.5. The zero-order valence-corrected chi connectivity index (χ0v) is 15.3. The summed E-state index contributed by atoms with van der Waals surface area (Å²) in [4.78, 5) is 14.5. The highest BCUT2D eigenvalue weighted by molar-refractivity contribution is 7.91. The Morgan fingerprint density at radius 2 is 1.96 bits per heavy atom. The fraction of sp³-hybridized carbons (Fsp3) is 0.688. The Morgan fingerprint density at radius 1 is 1.30 bits per heavy atom. The number of hydrogen-bond donors (Lipinski definition) is 0. The normalized spacial score (nSPS) is 22.0. The lowest BCUT2D eigenvalue weighted by molar-refractivity contribution is -0.137. The molecule has 1 aliphatic heterocycles. The zero-order valence-electron chi connectivity index (χ0n) is 13.6. The zero-order chi connectivity index (χ0) is 16.6. The van der Waals surface area contributed by atoms with E-state index in [0.717, 1.165) is 0 Å². The molecule has 1 aromatic heterocycles. The number of piperidine rings is 1. The van der Waals surface area contributed by atoms with Gasteiger partial charge in [-0.25, -0.2) is 8.42 Å². The number of thiophene rings is 1. The first-order chi connectivity index (χ1) is 10.9. The van der Waals surface area contributed by atoms with Gasteiger partial charge in [0.1, 0.15) is 4.21 Å². The van der Waals surface area contributed by atoms with Crippen molar-refractivity contribution in [2.45, 2.75) is 42.9 Å². The molecule has 7 heteroatoms. The molecule has 128 valence electrons. The Morgan fingerprint density at radius 3 is 2.48 bits per heavy atom. The summed E-state index contributed by atoms with van der Waals surface area (Å²) < 4.78 is 26.9. The highest BCUT2D eigenvalue weighted by Gasteiger charge is 2.37. The van der Waals surface area contributed by atoms with E-state index in [1.54, 1.807) is 17.5 Å². The minimum Gasteiger partial charge on any atom is -0.343 e. The highest BCUT2D eigenvalue weighted by atomic mass is 32.2. The van der Waals surface area contributed by atoms with E-state index < -0.39 is 10.0 Å². The van der Waals surface area contributed by atoms with Gasteiger partial charge in [-0.3, -0.25) is 4.79 Å². The van der Waals surface area contributed by atoms with Crippen molar-refractivity contribution >= 4 is 27.3 Å². The summed E-state index contributed by atoms with van der Waals surface area (Å²) in [5.41, 5.74) is 0. The summed E-state index contributed by atoms with van der Waals surface area (Å²) >= 11 is 1.24. The Kier molecular flexibility index (Phi) is 4.80. The molecule has 23 heavy (non-hydrogen) atoms. The molecule has 2 fully saturated rings. The van der Waals surface area contributed by atoms with Gasteiger partial charge in [0.15, 0.2) is 0 Å². The van der Waals surface area contributed by atoms with Crippen molar-refractivity contribution in [2.24, 2.45) is 11.8 Å². The average molecular weight is 357 g/mol. The number of carbonyl (C=O) groups excluding carboxylic acids is 1. The van der Waals surface area contributed by atoms with E-state index >= 15 is 0 Å². The van der Waals surface area contributed by atoms with Crippen molar-refractivity contribution < 1.29 is 13.2 Å². The molecule has 1 aliphatic carbocycles. The van der Waals surface area contributed by atoms with Crippen molar-refractivity contribution in [2.75, 3.05) is 20.1 Å². The molecule has 2 heterocycles. The van der Waals surface area contributed by atoms with Crippen LogP contribution in [-0.4, -0.2) is 49.7 Å². The number of hydrogen-bond acceptors (Lipinski definition) is 4. The molecule has 1 saturated heterocycles. The summed E-state index contributed by atoms with van der Waals surface area (Å²) in [5, 5.41) is 1.78. The number of amides is 1. The predicted molar refractivity (Wildman–Crippen MR) is 90.8 cm³/mol. The number of rotatable bonds is 5. The summed E-state index contributed by atoms with van der Waals surface area (Å²) in [5.74, 6) is 0.789. The third-order valence-corrected chi connectivity index (χ3v) is 8.43. The van der Waals surface area contributed by atoms with E-state index in [4.69, 9.17) is 0 Å². The van der Waals surface area contributed by atoms with Crippen LogP contribution in [0.2, 0.25) is 0 Å². The van der Waals surface area contributed by atoms with E-state index in [0.29, 0.717) is 42.1 Å².